The predicted octanol–water partition coefficient (Wildman–Crippen LogP) is 2.87. The van der Waals surface area contributed by atoms with Gasteiger partial charge in [-0.15, -0.1) is 0 Å². The van der Waals surface area contributed by atoms with Crippen LogP contribution in [0.15, 0.2) is 23.5 Å². The van der Waals surface area contributed by atoms with E-state index >= 15 is 0 Å². The van der Waals surface area contributed by atoms with E-state index in [1.807, 2.05) is 0 Å². The van der Waals surface area contributed by atoms with Crippen molar-refractivity contribution in [1.82, 2.24) is 5.32 Å². The number of hydrogen-bond donors (Lipinski definition) is 1. The molecule has 0 aromatic carbocycles. The zero-order valence-electron chi connectivity index (χ0n) is 10.2. The molecule has 0 amide bonds. The Morgan fingerprint density at radius 3 is 3.00 bits per heavy atom. The standard InChI is InChI=1S/C13H23NO/c1-11(2)10-14-8-4-6-12(3)13-7-5-9-15-13/h6-7,11,14H,4-5,8-10H2,1-3H3/b12-6-. The van der Waals surface area contributed by atoms with Crippen molar-refractivity contribution >= 4 is 0 Å². The van der Waals surface area contributed by atoms with Crippen LogP contribution in [0.1, 0.15) is 33.6 Å². The van der Waals surface area contributed by atoms with E-state index in [1.54, 1.807) is 0 Å². The van der Waals surface area contributed by atoms with E-state index in [4.69, 9.17) is 4.74 Å². The smallest absolute Gasteiger partial charge is 0.118 e. The summed E-state index contributed by atoms with van der Waals surface area (Å²) < 4.78 is 5.48. The second-order valence-electron chi connectivity index (χ2n) is 4.48. The maximum atomic E-state index is 5.48. The molecule has 0 aliphatic carbocycles. The first-order valence-electron chi connectivity index (χ1n) is 5.91. The van der Waals surface area contributed by atoms with E-state index in [2.05, 4.69) is 38.2 Å². The average molecular weight is 209 g/mol. The summed E-state index contributed by atoms with van der Waals surface area (Å²) >= 11 is 0. The van der Waals surface area contributed by atoms with Gasteiger partial charge in [0.05, 0.1) is 6.61 Å². The molecule has 0 unspecified atom stereocenters. The Bertz CT molecular complexity index is 241. The lowest BCUT2D eigenvalue weighted by Crippen LogP contribution is -2.20. The summed E-state index contributed by atoms with van der Waals surface area (Å²) in [6, 6.07) is 0. The van der Waals surface area contributed by atoms with E-state index in [0.29, 0.717) is 0 Å². The number of hydrogen-bond acceptors (Lipinski definition) is 2. The van der Waals surface area contributed by atoms with Crippen molar-refractivity contribution in [3.05, 3.63) is 23.5 Å². The van der Waals surface area contributed by atoms with E-state index in [-0.39, 0.29) is 0 Å². The molecule has 1 rings (SSSR count). The van der Waals surface area contributed by atoms with Crippen LogP contribution in [0.2, 0.25) is 0 Å². The Balaban J connectivity index is 2.14. The van der Waals surface area contributed by atoms with Crippen LogP contribution in [-0.4, -0.2) is 19.7 Å². The summed E-state index contributed by atoms with van der Waals surface area (Å²) in [4.78, 5) is 0. The van der Waals surface area contributed by atoms with Gasteiger partial charge in [0.25, 0.3) is 0 Å². The highest BCUT2D eigenvalue weighted by Crippen LogP contribution is 2.17. The predicted molar refractivity (Wildman–Crippen MR) is 64.7 cm³/mol. The van der Waals surface area contributed by atoms with E-state index in [1.165, 1.54) is 5.57 Å². The highest BCUT2D eigenvalue weighted by atomic mass is 16.5. The van der Waals surface area contributed by atoms with Gasteiger partial charge in [-0.1, -0.05) is 19.9 Å². The number of rotatable bonds is 6. The Morgan fingerprint density at radius 2 is 2.40 bits per heavy atom. The molecule has 1 aliphatic rings. The van der Waals surface area contributed by atoms with Crippen LogP contribution in [0.3, 0.4) is 0 Å². The molecule has 1 N–H and O–H groups in total. The molecular weight excluding hydrogens is 186 g/mol. The molecule has 86 valence electrons. The van der Waals surface area contributed by atoms with Gasteiger partial charge < -0.3 is 10.1 Å². The van der Waals surface area contributed by atoms with Crippen LogP contribution >= 0.6 is 0 Å². The Kier molecular flexibility index (Phi) is 5.48. The Morgan fingerprint density at radius 1 is 1.60 bits per heavy atom. The van der Waals surface area contributed by atoms with Crippen molar-refractivity contribution < 1.29 is 4.74 Å². The minimum atomic E-state index is 0.732. The van der Waals surface area contributed by atoms with Crippen molar-refractivity contribution in [3.63, 3.8) is 0 Å². The molecule has 0 bridgehead atoms. The first-order valence-corrected chi connectivity index (χ1v) is 5.91. The van der Waals surface area contributed by atoms with Gasteiger partial charge in [-0.05, 0) is 44.0 Å². The Labute approximate surface area is 93.4 Å². The number of allylic oxidation sites excluding steroid dienone is 1. The maximum absolute atomic E-state index is 5.48. The minimum absolute atomic E-state index is 0.732. The third kappa shape index (κ3) is 5.03. The summed E-state index contributed by atoms with van der Waals surface area (Å²) in [6.07, 6.45) is 6.57. The lowest BCUT2D eigenvalue weighted by atomic mass is 10.2. The van der Waals surface area contributed by atoms with Crippen LogP contribution in [0.5, 0.6) is 0 Å². The Hall–Kier alpha value is -0.760. The van der Waals surface area contributed by atoms with Crippen molar-refractivity contribution in [2.45, 2.75) is 33.6 Å². The summed E-state index contributed by atoms with van der Waals surface area (Å²) in [5, 5.41) is 3.43. The molecule has 2 heteroatoms. The van der Waals surface area contributed by atoms with E-state index < -0.39 is 0 Å². The topological polar surface area (TPSA) is 21.3 Å². The van der Waals surface area contributed by atoms with Gasteiger partial charge in [0.2, 0.25) is 0 Å². The van der Waals surface area contributed by atoms with Crippen molar-refractivity contribution in [2.24, 2.45) is 5.92 Å². The molecule has 0 fully saturated rings. The van der Waals surface area contributed by atoms with Gasteiger partial charge in [-0.2, -0.15) is 0 Å². The fraction of sp³-hybridized carbons (Fsp3) is 0.692. The first kappa shape index (κ1) is 12.3. The zero-order chi connectivity index (χ0) is 11.1. The quantitative estimate of drug-likeness (QED) is 0.679. The molecule has 0 radical (unpaired) electrons. The summed E-state index contributed by atoms with van der Waals surface area (Å²) in [5.74, 6) is 1.81. The molecule has 1 heterocycles. The van der Waals surface area contributed by atoms with Gasteiger partial charge >= 0.3 is 0 Å². The van der Waals surface area contributed by atoms with Crippen LogP contribution < -0.4 is 5.32 Å². The normalized spacial score (nSPS) is 16.8. The van der Waals surface area contributed by atoms with E-state index in [0.717, 1.165) is 44.2 Å². The summed E-state index contributed by atoms with van der Waals surface area (Å²) in [5.41, 5.74) is 1.28. The van der Waals surface area contributed by atoms with Crippen LogP contribution in [0, 0.1) is 5.92 Å². The molecule has 15 heavy (non-hydrogen) atoms. The second kappa shape index (κ2) is 6.67. The van der Waals surface area contributed by atoms with Gasteiger partial charge in [-0.25, -0.2) is 0 Å². The first-order chi connectivity index (χ1) is 7.20. The second-order valence-corrected chi connectivity index (χ2v) is 4.48. The third-order valence-electron chi connectivity index (χ3n) is 2.42. The molecule has 0 saturated carbocycles. The molecule has 2 nitrogen and oxygen atoms in total. The highest BCUT2D eigenvalue weighted by Gasteiger charge is 2.05. The summed E-state index contributed by atoms with van der Waals surface area (Å²) in [6.45, 7) is 9.59. The lowest BCUT2D eigenvalue weighted by molar-refractivity contribution is 0.252. The molecule has 0 spiro atoms. The fourth-order valence-corrected chi connectivity index (χ4v) is 1.57. The largest absolute Gasteiger partial charge is 0.493 e. The lowest BCUT2D eigenvalue weighted by Gasteiger charge is -2.06. The van der Waals surface area contributed by atoms with Crippen molar-refractivity contribution in [2.75, 3.05) is 19.7 Å². The SMILES string of the molecule is C/C(=C/CCNCC(C)C)C1=CCCO1. The zero-order valence-corrected chi connectivity index (χ0v) is 10.2. The monoisotopic (exact) mass is 209 g/mol. The summed E-state index contributed by atoms with van der Waals surface area (Å²) in [7, 11) is 0. The van der Waals surface area contributed by atoms with Crippen LogP contribution in [-0.2, 0) is 4.74 Å². The van der Waals surface area contributed by atoms with Crippen LogP contribution in [0.4, 0.5) is 0 Å². The van der Waals surface area contributed by atoms with Crippen LogP contribution in [0.25, 0.3) is 0 Å². The van der Waals surface area contributed by atoms with Gasteiger partial charge in [0.15, 0.2) is 0 Å². The minimum Gasteiger partial charge on any atom is -0.493 e. The molecule has 0 saturated heterocycles. The molecule has 0 atom stereocenters. The highest BCUT2D eigenvalue weighted by molar-refractivity contribution is 5.25. The molecule has 0 aromatic rings. The average Bonchev–Trinajstić information content (AvgIpc) is 2.69. The van der Waals surface area contributed by atoms with Gasteiger partial charge in [0.1, 0.15) is 5.76 Å². The van der Waals surface area contributed by atoms with E-state index in [9.17, 15) is 0 Å². The van der Waals surface area contributed by atoms with Gasteiger partial charge in [-0.3, -0.25) is 0 Å². The van der Waals surface area contributed by atoms with Gasteiger partial charge in [0, 0.05) is 6.42 Å². The number of nitrogens with one attached hydrogen (secondary N) is 1. The maximum Gasteiger partial charge on any atom is 0.118 e. The third-order valence-corrected chi connectivity index (χ3v) is 2.42. The molecular formula is C13H23NO. The molecule has 1 aliphatic heterocycles. The van der Waals surface area contributed by atoms with Crippen molar-refractivity contribution in [3.8, 4) is 0 Å². The molecule has 0 aromatic heterocycles. The van der Waals surface area contributed by atoms with Crippen molar-refractivity contribution in [1.29, 1.82) is 0 Å². The number of ether oxygens (including phenoxy) is 1. The fourth-order valence-electron chi connectivity index (χ4n) is 1.57.